The Morgan fingerprint density at radius 3 is 2.67 bits per heavy atom. The number of fused-ring (bicyclic) bond motifs is 1. The number of pyridine rings is 1. The fourth-order valence-electron chi connectivity index (χ4n) is 2.81. The second kappa shape index (κ2) is 6.09. The van der Waals surface area contributed by atoms with E-state index in [2.05, 4.69) is 4.98 Å². The van der Waals surface area contributed by atoms with Crippen LogP contribution >= 0.6 is 0 Å². The summed E-state index contributed by atoms with van der Waals surface area (Å²) in [6.07, 6.45) is 0. The van der Waals surface area contributed by atoms with Crippen LogP contribution in [0.1, 0.15) is 29.7 Å². The van der Waals surface area contributed by atoms with E-state index in [4.69, 9.17) is 14.9 Å². The lowest BCUT2D eigenvalue weighted by Gasteiger charge is -2.13. The maximum Gasteiger partial charge on any atom is 0.213 e. The van der Waals surface area contributed by atoms with Gasteiger partial charge in [0, 0.05) is 23.2 Å². The fraction of sp³-hybridized carbons (Fsp3) is 0.263. The monoisotopic (exact) mass is 324 g/mol. The highest BCUT2D eigenvalue weighted by Crippen LogP contribution is 2.30. The fourth-order valence-corrected chi connectivity index (χ4v) is 2.81. The van der Waals surface area contributed by atoms with Crippen LogP contribution in [0.3, 0.4) is 0 Å². The van der Waals surface area contributed by atoms with E-state index in [-0.39, 0.29) is 11.5 Å². The van der Waals surface area contributed by atoms with Crippen LogP contribution in [-0.4, -0.2) is 12.1 Å². The molecule has 2 heterocycles. The lowest BCUT2D eigenvalue weighted by molar-refractivity contribution is 0.398. The minimum absolute atomic E-state index is 0.0681. The number of ether oxygens (including phenoxy) is 1. The van der Waals surface area contributed by atoms with Crippen molar-refractivity contribution in [1.82, 2.24) is 4.98 Å². The Kier molecular flexibility index (Phi) is 4.11. The molecule has 1 atom stereocenters. The van der Waals surface area contributed by atoms with Gasteiger partial charge in [0.25, 0.3) is 0 Å². The predicted octanol–water partition coefficient (Wildman–Crippen LogP) is 3.50. The minimum atomic E-state index is -0.246. The molecule has 0 bridgehead atoms. The average molecular weight is 324 g/mol. The van der Waals surface area contributed by atoms with E-state index in [0.29, 0.717) is 33.9 Å². The summed E-state index contributed by atoms with van der Waals surface area (Å²) in [4.78, 5) is 17.2. The molecule has 0 unspecified atom stereocenters. The molecule has 3 rings (SSSR count). The summed E-state index contributed by atoms with van der Waals surface area (Å²) >= 11 is 0. The maximum atomic E-state index is 12.8. The predicted molar refractivity (Wildman–Crippen MR) is 94.3 cm³/mol. The van der Waals surface area contributed by atoms with Crippen molar-refractivity contribution in [3.8, 4) is 17.3 Å². The van der Waals surface area contributed by atoms with Crippen LogP contribution in [-0.2, 0) is 0 Å². The maximum absolute atomic E-state index is 12.8. The van der Waals surface area contributed by atoms with Crippen molar-refractivity contribution < 1.29 is 9.15 Å². The number of hydrogen-bond donors (Lipinski definition) is 1. The number of nitrogens with two attached hydrogens (primary N) is 1. The molecule has 2 N–H and O–H groups in total. The SMILES string of the molecule is COc1cccc(-c2oc3c([C@@H](C)N)cc(C)cc3c(=O)c2C)n1. The van der Waals surface area contributed by atoms with Crippen LogP contribution in [0.25, 0.3) is 22.4 Å². The highest BCUT2D eigenvalue weighted by atomic mass is 16.5. The molecule has 1 aromatic carbocycles. The number of rotatable bonds is 3. The minimum Gasteiger partial charge on any atom is -0.481 e. The molecule has 0 radical (unpaired) electrons. The van der Waals surface area contributed by atoms with Gasteiger partial charge in [-0.3, -0.25) is 4.79 Å². The Labute approximate surface area is 140 Å². The van der Waals surface area contributed by atoms with Crippen LogP contribution < -0.4 is 15.9 Å². The first-order chi connectivity index (χ1) is 11.4. The van der Waals surface area contributed by atoms with E-state index in [1.54, 1.807) is 26.2 Å². The smallest absolute Gasteiger partial charge is 0.213 e. The normalized spacial score (nSPS) is 12.4. The first-order valence-corrected chi connectivity index (χ1v) is 7.77. The van der Waals surface area contributed by atoms with Crippen molar-refractivity contribution in [1.29, 1.82) is 0 Å². The molecular weight excluding hydrogens is 304 g/mol. The summed E-state index contributed by atoms with van der Waals surface area (Å²) < 4.78 is 11.3. The van der Waals surface area contributed by atoms with Crippen molar-refractivity contribution in [2.24, 2.45) is 5.73 Å². The summed E-state index contributed by atoms with van der Waals surface area (Å²) in [7, 11) is 1.55. The second-order valence-corrected chi connectivity index (χ2v) is 5.97. The molecule has 0 spiro atoms. The van der Waals surface area contributed by atoms with Crippen LogP contribution in [0, 0.1) is 13.8 Å². The van der Waals surface area contributed by atoms with E-state index in [9.17, 15) is 4.79 Å². The van der Waals surface area contributed by atoms with Gasteiger partial charge in [0.2, 0.25) is 5.88 Å². The summed E-state index contributed by atoms with van der Waals surface area (Å²) in [5.74, 6) is 0.906. The third-order valence-electron chi connectivity index (χ3n) is 4.05. The van der Waals surface area contributed by atoms with Crippen molar-refractivity contribution in [3.63, 3.8) is 0 Å². The molecule has 0 saturated heterocycles. The third-order valence-corrected chi connectivity index (χ3v) is 4.05. The molecule has 124 valence electrons. The number of aryl methyl sites for hydroxylation is 1. The van der Waals surface area contributed by atoms with Gasteiger partial charge in [-0.15, -0.1) is 0 Å². The Hall–Kier alpha value is -2.66. The Morgan fingerprint density at radius 1 is 1.25 bits per heavy atom. The van der Waals surface area contributed by atoms with Crippen molar-refractivity contribution in [2.75, 3.05) is 7.11 Å². The number of methoxy groups -OCH3 is 1. The van der Waals surface area contributed by atoms with Gasteiger partial charge in [-0.1, -0.05) is 12.1 Å². The quantitative estimate of drug-likeness (QED) is 0.797. The highest BCUT2D eigenvalue weighted by Gasteiger charge is 2.18. The zero-order chi connectivity index (χ0) is 17.4. The first-order valence-electron chi connectivity index (χ1n) is 7.77. The van der Waals surface area contributed by atoms with Crippen LogP contribution in [0.4, 0.5) is 0 Å². The lowest BCUT2D eigenvalue weighted by atomic mass is 10.00. The van der Waals surface area contributed by atoms with Gasteiger partial charge in [-0.25, -0.2) is 4.98 Å². The summed E-state index contributed by atoms with van der Waals surface area (Å²) in [6, 6.07) is 8.89. The topological polar surface area (TPSA) is 78.4 Å². The second-order valence-electron chi connectivity index (χ2n) is 5.97. The molecule has 0 aliphatic heterocycles. The van der Waals surface area contributed by atoms with Crippen molar-refractivity contribution in [2.45, 2.75) is 26.8 Å². The molecule has 3 aromatic rings. The average Bonchev–Trinajstić information content (AvgIpc) is 2.57. The molecule has 5 heteroatoms. The van der Waals surface area contributed by atoms with E-state index in [1.165, 1.54) is 0 Å². The van der Waals surface area contributed by atoms with E-state index >= 15 is 0 Å². The molecule has 0 amide bonds. The van der Waals surface area contributed by atoms with Gasteiger partial charge in [-0.2, -0.15) is 0 Å². The first kappa shape index (κ1) is 16.2. The molecular formula is C19H20N2O3. The van der Waals surface area contributed by atoms with Gasteiger partial charge in [-0.05, 0) is 38.5 Å². The van der Waals surface area contributed by atoms with Crippen LogP contribution in [0.15, 0.2) is 39.5 Å². The molecule has 0 aliphatic carbocycles. The van der Waals surface area contributed by atoms with Crippen LogP contribution in [0.5, 0.6) is 5.88 Å². The van der Waals surface area contributed by atoms with Gasteiger partial charge < -0.3 is 14.9 Å². The highest BCUT2D eigenvalue weighted by molar-refractivity contribution is 5.84. The molecule has 0 aliphatic rings. The van der Waals surface area contributed by atoms with Crippen molar-refractivity contribution in [3.05, 3.63) is 57.2 Å². The zero-order valence-corrected chi connectivity index (χ0v) is 14.2. The van der Waals surface area contributed by atoms with Gasteiger partial charge in [0.15, 0.2) is 11.2 Å². The zero-order valence-electron chi connectivity index (χ0n) is 14.2. The van der Waals surface area contributed by atoms with E-state index in [0.717, 1.165) is 11.1 Å². The number of nitrogens with zero attached hydrogens (tertiary/aromatic N) is 1. The summed E-state index contributed by atoms with van der Waals surface area (Å²) in [6.45, 7) is 5.56. The molecule has 0 fully saturated rings. The van der Waals surface area contributed by atoms with E-state index in [1.807, 2.05) is 32.0 Å². The Bertz CT molecular complexity index is 974. The summed E-state index contributed by atoms with van der Waals surface area (Å²) in [5.41, 5.74) is 9.39. The van der Waals surface area contributed by atoms with Crippen LogP contribution in [0.2, 0.25) is 0 Å². The molecule has 24 heavy (non-hydrogen) atoms. The Morgan fingerprint density at radius 2 is 2.00 bits per heavy atom. The molecule has 5 nitrogen and oxygen atoms in total. The van der Waals surface area contributed by atoms with E-state index < -0.39 is 0 Å². The van der Waals surface area contributed by atoms with Gasteiger partial charge in [0.05, 0.1) is 12.5 Å². The molecule has 2 aromatic heterocycles. The third kappa shape index (κ3) is 2.67. The number of hydrogen-bond acceptors (Lipinski definition) is 5. The van der Waals surface area contributed by atoms with Gasteiger partial charge >= 0.3 is 0 Å². The van der Waals surface area contributed by atoms with Crippen molar-refractivity contribution >= 4 is 11.0 Å². The Balaban J connectivity index is 2.38. The standard InChI is InChI=1S/C19H20N2O3/c1-10-8-13(12(3)20)19-14(9-10)17(22)11(2)18(24-19)15-6-5-7-16(21-15)23-4/h5-9,12H,20H2,1-4H3/t12-/m1/s1. The molecule has 0 saturated carbocycles. The lowest BCUT2D eigenvalue weighted by Crippen LogP contribution is -2.12. The summed E-state index contributed by atoms with van der Waals surface area (Å²) in [5, 5.41) is 0.548. The largest absolute Gasteiger partial charge is 0.481 e. The number of benzene rings is 1. The van der Waals surface area contributed by atoms with Gasteiger partial charge in [0.1, 0.15) is 11.3 Å². The number of aromatic nitrogens is 1.